The van der Waals surface area contributed by atoms with Crippen LogP contribution in [-0.4, -0.2) is 90.3 Å². The quantitative estimate of drug-likeness (QED) is 0.123. The zero-order valence-electron chi connectivity index (χ0n) is 32.4. The predicted octanol–water partition coefficient (Wildman–Crippen LogP) is 5.40. The highest BCUT2D eigenvalue weighted by molar-refractivity contribution is 6.05. The molecule has 296 valence electrons. The zero-order chi connectivity index (χ0) is 39.8. The van der Waals surface area contributed by atoms with E-state index in [4.69, 9.17) is 9.47 Å². The van der Waals surface area contributed by atoms with Crippen LogP contribution >= 0.6 is 0 Å². The first-order chi connectivity index (χ1) is 27.2. The topological polar surface area (TPSA) is 129 Å². The number of carbonyl (C=O) groups excluding carboxylic acids is 4. The number of amides is 3. The van der Waals surface area contributed by atoms with Crippen molar-refractivity contribution in [2.75, 3.05) is 42.6 Å². The smallest absolute Gasteiger partial charge is 0.306 e. The second-order valence-corrected chi connectivity index (χ2v) is 14.7. The molecule has 0 aliphatic carbocycles. The number of likely N-dealkylation sites (tertiary alicyclic amines) is 1. The van der Waals surface area contributed by atoms with E-state index in [0.29, 0.717) is 31.4 Å². The van der Waals surface area contributed by atoms with Crippen molar-refractivity contribution < 1.29 is 33.8 Å². The van der Waals surface area contributed by atoms with E-state index in [2.05, 4.69) is 37.2 Å². The van der Waals surface area contributed by atoms with Gasteiger partial charge in [-0.1, -0.05) is 72.8 Å². The number of anilines is 2. The Labute approximate surface area is 329 Å². The highest BCUT2D eigenvalue weighted by Gasteiger charge is 2.75. The lowest BCUT2D eigenvalue weighted by Crippen LogP contribution is -2.59. The first-order valence-electron chi connectivity index (χ1n) is 19.7. The van der Waals surface area contributed by atoms with Gasteiger partial charge in [0.25, 0.3) is 5.91 Å². The summed E-state index contributed by atoms with van der Waals surface area (Å²) in [5.41, 5.74) is 1.97. The molecule has 0 radical (unpaired) electrons. The molecule has 3 aliphatic heterocycles. The highest BCUT2D eigenvalue weighted by atomic mass is 16.5. The van der Waals surface area contributed by atoms with Gasteiger partial charge in [0.05, 0.1) is 36.6 Å². The molecule has 6 rings (SSSR count). The van der Waals surface area contributed by atoms with E-state index in [-0.39, 0.29) is 25.5 Å². The standard InChI is InChI=1S/C45H54N4O7/c1-5-9-20-38(51)55-30-36(32-18-14-11-15-19-32)46-42(52)39-37-25-26-45(56-37)40(39)43(53)49(35(29-50)28-31-16-12-10-13-17-31)41(45)44(54)48(27-6-2)34-23-21-33(22-24-34)47(7-3)8-4/h5-6,10-19,21-24,35-37,39-41,50H,1-2,7-9,20,25-30H2,3-4H3,(H,46,52)/t35-,36+,37+,39-,40-,41+,45-/m1/s1. The molecule has 0 aromatic heterocycles. The minimum atomic E-state index is -1.31. The molecule has 3 aliphatic rings. The Kier molecular flexibility index (Phi) is 13.1. The van der Waals surface area contributed by atoms with Gasteiger partial charge in [-0.05, 0) is 74.9 Å². The average molecular weight is 763 g/mol. The second kappa shape index (κ2) is 18.1. The number of nitrogens with one attached hydrogen (secondary N) is 1. The number of aliphatic hydroxyl groups is 1. The number of hydrogen-bond donors (Lipinski definition) is 2. The number of carbonyl (C=O) groups is 4. The van der Waals surface area contributed by atoms with Crippen molar-refractivity contribution in [3.05, 3.63) is 121 Å². The molecule has 3 amide bonds. The number of aliphatic hydroxyl groups excluding tert-OH is 1. The van der Waals surface area contributed by atoms with E-state index in [9.17, 15) is 14.7 Å². The SMILES string of the molecule is C=CCCC(=O)OC[C@H](NC(=O)[C@@H]1[C@@H]2CC[C@]3(O2)[C@H](C(=O)N(CC=C)c2ccc(N(CC)CC)cc2)N([C@@H](CO)Cc2ccccc2)C(=O)[C@@H]13)c1ccccc1. The number of fused-ring (bicyclic) bond motifs is 1. The number of nitrogens with zero attached hydrogens (tertiary/aromatic N) is 3. The lowest BCUT2D eigenvalue weighted by molar-refractivity contribution is -0.146. The maximum absolute atomic E-state index is 15.2. The zero-order valence-corrected chi connectivity index (χ0v) is 32.4. The molecular formula is C45H54N4O7. The van der Waals surface area contributed by atoms with Crippen LogP contribution in [0.3, 0.4) is 0 Å². The van der Waals surface area contributed by atoms with Crippen LogP contribution in [0.25, 0.3) is 0 Å². The van der Waals surface area contributed by atoms with Gasteiger partial charge in [0, 0.05) is 37.4 Å². The van der Waals surface area contributed by atoms with Crippen LogP contribution in [0.15, 0.2) is 110 Å². The normalized spacial score (nSPS) is 23.2. The van der Waals surface area contributed by atoms with Crippen LogP contribution in [0.4, 0.5) is 11.4 Å². The Morgan fingerprint density at radius 1 is 0.982 bits per heavy atom. The monoisotopic (exact) mass is 762 g/mol. The maximum atomic E-state index is 15.2. The van der Waals surface area contributed by atoms with Crippen LogP contribution in [0.5, 0.6) is 0 Å². The Balaban J connectivity index is 1.36. The summed E-state index contributed by atoms with van der Waals surface area (Å²) in [4.78, 5) is 62.7. The molecule has 0 saturated carbocycles. The molecule has 3 fully saturated rings. The summed E-state index contributed by atoms with van der Waals surface area (Å²) in [5.74, 6) is -3.50. The van der Waals surface area contributed by atoms with Crippen LogP contribution < -0.4 is 15.1 Å². The summed E-state index contributed by atoms with van der Waals surface area (Å²) < 4.78 is 12.4. The summed E-state index contributed by atoms with van der Waals surface area (Å²) in [6.45, 7) is 13.1. The third-order valence-corrected chi connectivity index (χ3v) is 11.5. The lowest BCUT2D eigenvalue weighted by Gasteiger charge is -2.39. The van der Waals surface area contributed by atoms with E-state index in [1.54, 1.807) is 17.1 Å². The van der Waals surface area contributed by atoms with E-state index < -0.39 is 66.1 Å². The van der Waals surface area contributed by atoms with Crippen molar-refractivity contribution in [3.8, 4) is 0 Å². The molecule has 11 heteroatoms. The van der Waals surface area contributed by atoms with Gasteiger partial charge in [0.15, 0.2) is 0 Å². The average Bonchev–Trinajstić information content (AvgIpc) is 3.88. The molecule has 3 heterocycles. The van der Waals surface area contributed by atoms with Gasteiger partial charge in [-0.15, -0.1) is 13.2 Å². The molecule has 0 unspecified atom stereocenters. The third kappa shape index (κ3) is 8.01. The fraction of sp³-hybridized carbons (Fsp3) is 0.422. The van der Waals surface area contributed by atoms with Gasteiger partial charge in [-0.3, -0.25) is 19.2 Å². The summed E-state index contributed by atoms with van der Waals surface area (Å²) in [6, 6.07) is 23.9. The van der Waals surface area contributed by atoms with Gasteiger partial charge < -0.3 is 34.6 Å². The van der Waals surface area contributed by atoms with Crippen molar-refractivity contribution in [2.24, 2.45) is 11.8 Å². The Morgan fingerprint density at radius 2 is 1.64 bits per heavy atom. The first-order valence-corrected chi connectivity index (χ1v) is 19.7. The van der Waals surface area contributed by atoms with Gasteiger partial charge in [-0.2, -0.15) is 0 Å². The van der Waals surface area contributed by atoms with Gasteiger partial charge in [-0.25, -0.2) is 0 Å². The largest absolute Gasteiger partial charge is 0.463 e. The molecule has 3 aromatic carbocycles. The fourth-order valence-corrected chi connectivity index (χ4v) is 8.88. The minimum Gasteiger partial charge on any atom is -0.463 e. The summed E-state index contributed by atoms with van der Waals surface area (Å²) >= 11 is 0. The van der Waals surface area contributed by atoms with Crippen LogP contribution in [-0.2, 0) is 35.1 Å². The summed E-state index contributed by atoms with van der Waals surface area (Å²) in [6.07, 6.45) is 4.46. The van der Waals surface area contributed by atoms with Gasteiger partial charge in [0.2, 0.25) is 11.8 Å². The van der Waals surface area contributed by atoms with E-state index in [1.807, 2.05) is 84.9 Å². The number of benzene rings is 3. The molecule has 7 atom stereocenters. The van der Waals surface area contributed by atoms with E-state index in [1.165, 1.54) is 4.90 Å². The van der Waals surface area contributed by atoms with Crippen LogP contribution in [0.1, 0.15) is 56.7 Å². The van der Waals surface area contributed by atoms with Crippen molar-refractivity contribution in [1.82, 2.24) is 10.2 Å². The molecular weight excluding hydrogens is 709 g/mol. The van der Waals surface area contributed by atoms with Crippen LogP contribution in [0.2, 0.25) is 0 Å². The Morgan fingerprint density at radius 3 is 2.27 bits per heavy atom. The van der Waals surface area contributed by atoms with Crippen molar-refractivity contribution >= 4 is 35.1 Å². The Bertz CT molecular complexity index is 1850. The second-order valence-electron chi connectivity index (χ2n) is 14.7. The Hall–Kier alpha value is -5.26. The van der Waals surface area contributed by atoms with Crippen LogP contribution in [0, 0.1) is 11.8 Å². The lowest BCUT2D eigenvalue weighted by atomic mass is 9.70. The molecule has 3 saturated heterocycles. The van der Waals surface area contributed by atoms with E-state index >= 15 is 9.59 Å². The maximum Gasteiger partial charge on any atom is 0.306 e. The minimum absolute atomic E-state index is 0.103. The third-order valence-electron chi connectivity index (χ3n) is 11.5. The molecule has 2 N–H and O–H groups in total. The number of esters is 1. The van der Waals surface area contributed by atoms with Crippen molar-refractivity contribution in [2.45, 2.75) is 75.8 Å². The highest BCUT2D eigenvalue weighted by Crippen LogP contribution is 2.59. The summed E-state index contributed by atoms with van der Waals surface area (Å²) in [5, 5.41) is 14.0. The number of allylic oxidation sites excluding steroid dienone is 1. The van der Waals surface area contributed by atoms with Crippen molar-refractivity contribution in [1.29, 1.82) is 0 Å². The molecule has 56 heavy (non-hydrogen) atoms. The molecule has 2 bridgehead atoms. The fourth-order valence-electron chi connectivity index (χ4n) is 8.88. The number of hydrogen-bond acceptors (Lipinski definition) is 8. The number of ether oxygens (including phenoxy) is 2. The predicted molar refractivity (Wildman–Crippen MR) is 216 cm³/mol. The van der Waals surface area contributed by atoms with Gasteiger partial charge >= 0.3 is 5.97 Å². The summed E-state index contributed by atoms with van der Waals surface area (Å²) in [7, 11) is 0. The van der Waals surface area contributed by atoms with Gasteiger partial charge in [0.1, 0.15) is 18.2 Å². The first kappa shape index (κ1) is 40.4. The molecule has 3 aromatic rings. The molecule has 1 spiro atoms. The molecule has 11 nitrogen and oxygen atoms in total. The van der Waals surface area contributed by atoms with E-state index in [0.717, 1.165) is 29.9 Å². The number of rotatable bonds is 19. The van der Waals surface area contributed by atoms with Crippen molar-refractivity contribution in [3.63, 3.8) is 0 Å².